The number of piperidine rings is 2. The molecule has 9 heteroatoms. The van der Waals surface area contributed by atoms with Gasteiger partial charge in [0.25, 0.3) is 0 Å². The third-order valence-electron chi connectivity index (χ3n) is 7.50. The van der Waals surface area contributed by atoms with E-state index < -0.39 is 10.0 Å². The Bertz CT molecular complexity index is 1240. The van der Waals surface area contributed by atoms with Crippen molar-refractivity contribution in [2.24, 2.45) is 0 Å². The number of rotatable bonds is 6. The van der Waals surface area contributed by atoms with Crippen molar-refractivity contribution in [3.8, 4) is 0 Å². The fourth-order valence-corrected chi connectivity index (χ4v) is 7.02. The van der Waals surface area contributed by atoms with Gasteiger partial charge in [0.1, 0.15) is 12.6 Å². The molecule has 192 valence electrons. The first-order valence-corrected chi connectivity index (χ1v) is 14.4. The predicted molar refractivity (Wildman–Crippen MR) is 141 cm³/mol. The van der Waals surface area contributed by atoms with Crippen molar-refractivity contribution in [2.45, 2.75) is 62.8 Å². The van der Waals surface area contributed by atoms with Gasteiger partial charge in [-0.1, -0.05) is 25.5 Å². The molecule has 2 aromatic rings. The van der Waals surface area contributed by atoms with Gasteiger partial charge in [-0.2, -0.15) is 4.31 Å². The topological polar surface area (TPSA) is 90.0 Å². The first-order chi connectivity index (χ1) is 17.4. The van der Waals surface area contributed by atoms with Crippen molar-refractivity contribution in [2.75, 3.05) is 41.3 Å². The summed E-state index contributed by atoms with van der Waals surface area (Å²) in [5.74, 6) is -0.460. The molecule has 0 radical (unpaired) electrons. The lowest BCUT2D eigenvalue weighted by atomic mass is 9.96. The monoisotopic (exact) mass is 510 g/mol. The molecule has 8 nitrogen and oxygen atoms in total. The Morgan fingerprint density at radius 2 is 1.67 bits per heavy atom. The van der Waals surface area contributed by atoms with Crippen LogP contribution in [0.3, 0.4) is 0 Å². The molecule has 2 saturated heterocycles. The molecule has 0 bridgehead atoms. The summed E-state index contributed by atoms with van der Waals surface area (Å²) in [4.78, 5) is 30.4. The molecule has 1 unspecified atom stereocenters. The summed E-state index contributed by atoms with van der Waals surface area (Å²) in [6.07, 6.45) is 6.30. The van der Waals surface area contributed by atoms with E-state index in [9.17, 15) is 18.0 Å². The smallest absolute Gasteiger partial charge is 0.250 e. The Morgan fingerprint density at radius 3 is 2.39 bits per heavy atom. The van der Waals surface area contributed by atoms with Gasteiger partial charge >= 0.3 is 0 Å². The maximum Gasteiger partial charge on any atom is 0.250 e. The number of nitrogens with one attached hydrogen (secondary N) is 1. The fourth-order valence-electron chi connectivity index (χ4n) is 5.48. The van der Waals surface area contributed by atoms with E-state index in [0.717, 1.165) is 57.2 Å². The van der Waals surface area contributed by atoms with E-state index in [4.69, 9.17) is 0 Å². The zero-order valence-corrected chi connectivity index (χ0v) is 21.6. The molecular weight excluding hydrogens is 476 g/mol. The fraction of sp³-hybridized carbons (Fsp3) is 0.481. The van der Waals surface area contributed by atoms with E-state index >= 15 is 0 Å². The zero-order valence-electron chi connectivity index (χ0n) is 20.8. The molecule has 1 N–H and O–H groups in total. The molecule has 0 aliphatic carbocycles. The second kappa shape index (κ2) is 10.2. The number of nitrogens with zero attached hydrogens (tertiary/aromatic N) is 3. The summed E-state index contributed by atoms with van der Waals surface area (Å²) in [5.41, 5.74) is 3.15. The van der Waals surface area contributed by atoms with Crippen LogP contribution in [0.5, 0.6) is 0 Å². The van der Waals surface area contributed by atoms with Crippen LogP contribution in [0.4, 0.5) is 17.1 Å². The van der Waals surface area contributed by atoms with Gasteiger partial charge in [0.2, 0.25) is 21.8 Å². The van der Waals surface area contributed by atoms with Crippen molar-refractivity contribution in [1.29, 1.82) is 0 Å². The van der Waals surface area contributed by atoms with Crippen molar-refractivity contribution in [3.05, 3.63) is 48.0 Å². The molecule has 1 atom stereocenters. The van der Waals surface area contributed by atoms with Crippen LogP contribution in [0.2, 0.25) is 0 Å². The number of fused-ring (bicyclic) bond motifs is 3. The van der Waals surface area contributed by atoms with Crippen molar-refractivity contribution < 1.29 is 18.0 Å². The highest BCUT2D eigenvalue weighted by Crippen LogP contribution is 2.41. The molecule has 5 rings (SSSR count). The van der Waals surface area contributed by atoms with Crippen LogP contribution in [0.25, 0.3) is 0 Å². The largest absolute Gasteiger partial charge is 0.358 e. The van der Waals surface area contributed by atoms with Gasteiger partial charge in [-0.25, -0.2) is 8.42 Å². The lowest BCUT2D eigenvalue weighted by Gasteiger charge is -2.45. The average Bonchev–Trinajstić information content (AvgIpc) is 2.91. The molecule has 3 aliphatic heterocycles. The first-order valence-electron chi connectivity index (χ1n) is 13.0. The minimum Gasteiger partial charge on any atom is -0.358 e. The lowest BCUT2D eigenvalue weighted by molar-refractivity contribution is -0.123. The molecule has 2 aromatic carbocycles. The number of carbonyl (C=O) groups excluding carboxylic acids is 2. The summed E-state index contributed by atoms with van der Waals surface area (Å²) in [6, 6.07) is 12.4. The average molecular weight is 511 g/mol. The van der Waals surface area contributed by atoms with Crippen LogP contribution in [0.15, 0.2) is 47.4 Å². The number of hydrogen-bond donors (Lipinski definition) is 1. The second-order valence-electron chi connectivity index (χ2n) is 9.84. The molecule has 2 amide bonds. The van der Waals surface area contributed by atoms with Crippen LogP contribution in [-0.4, -0.2) is 56.8 Å². The third kappa shape index (κ3) is 4.74. The number of benzene rings is 2. The number of carbonyl (C=O) groups is 2. The second-order valence-corrected chi connectivity index (χ2v) is 11.8. The molecule has 0 saturated carbocycles. The minimum absolute atomic E-state index is 0.147. The Kier molecular flexibility index (Phi) is 7.03. The Labute approximate surface area is 213 Å². The molecule has 3 heterocycles. The maximum absolute atomic E-state index is 13.6. The molecule has 0 spiro atoms. The summed E-state index contributed by atoms with van der Waals surface area (Å²) < 4.78 is 28.3. The van der Waals surface area contributed by atoms with Gasteiger partial charge in [0.15, 0.2) is 0 Å². The van der Waals surface area contributed by atoms with Crippen LogP contribution in [0.1, 0.15) is 51.0 Å². The number of anilines is 3. The summed E-state index contributed by atoms with van der Waals surface area (Å²) in [6.45, 7) is 3.66. The lowest BCUT2D eigenvalue weighted by Crippen LogP contribution is -2.56. The third-order valence-corrected chi connectivity index (χ3v) is 9.40. The van der Waals surface area contributed by atoms with Crippen molar-refractivity contribution >= 4 is 38.9 Å². The van der Waals surface area contributed by atoms with E-state index in [1.807, 2.05) is 30.3 Å². The molecule has 36 heavy (non-hydrogen) atoms. The van der Waals surface area contributed by atoms with Gasteiger partial charge in [-0.15, -0.1) is 0 Å². The molecule has 3 aliphatic rings. The highest BCUT2D eigenvalue weighted by atomic mass is 32.2. The van der Waals surface area contributed by atoms with Crippen molar-refractivity contribution in [3.63, 3.8) is 0 Å². The molecule has 2 fully saturated rings. The number of sulfonamides is 1. The number of amides is 2. The van der Waals surface area contributed by atoms with Crippen molar-refractivity contribution in [1.82, 2.24) is 4.31 Å². The van der Waals surface area contributed by atoms with Crippen LogP contribution in [-0.2, 0) is 26.0 Å². The highest BCUT2D eigenvalue weighted by Gasteiger charge is 2.41. The Balaban J connectivity index is 1.46. The predicted octanol–water partition coefficient (Wildman–Crippen LogP) is 3.77. The quantitative estimate of drug-likeness (QED) is 0.639. The summed E-state index contributed by atoms with van der Waals surface area (Å²) in [7, 11) is -3.67. The summed E-state index contributed by atoms with van der Waals surface area (Å²) >= 11 is 0. The number of aryl methyl sites for hydroxylation is 1. The van der Waals surface area contributed by atoms with E-state index in [1.165, 1.54) is 14.8 Å². The standard InChI is InChI=1S/C27H34N4O4S/c1-2-20-9-11-21(12-10-20)28-26(32)19-31-25-18-22(36(34,35)29-15-5-3-6-16-29)13-14-23(25)30-17-7-4-8-24(30)27(31)33/h9-14,18,24H,2-8,15-17,19H2,1H3,(H,28,32). The van der Waals surface area contributed by atoms with E-state index in [2.05, 4.69) is 17.1 Å². The van der Waals surface area contributed by atoms with Gasteiger partial charge in [0, 0.05) is 25.3 Å². The van der Waals surface area contributed by atoms with E-state index in [0.29, 0.717) is 24.5 Å². The zero-order chi connectivity index (χ0) is 25.3. The van der Waals surface area contributed by atoms with Crippen LogP contribution >= 0.6 is 0 Å². The number of hydrogen-bond acceptors (Lipinski definition) is 5. The Morgan fingerprint density at radius 1 is 0.944 bits per heavy atom. The van der Waals surface area contributed by atoms with Gasteiger partial charge < -0.3 is 10.2 Å². The van der Waals surface area contributed by atoms with Crippen LogP contribution in [0, 0.1) is 0 Å². The maximum atomic E-state index is 13.6. The highest BCUT2D eigenvalue weighted by molar-refractivity contribution is 7.89. The molecule has 0 aromatic heterocycles. The molecular formula is C27H34N4O4S. The SMILES string of the molecule is CCc1ccc(NC(=O)CN2C(=O)C3CCCCN3c3ccc(S(=O)(=O)N4CCCCC4)cc32)cc1. The van der Waals surface area contributed by atoms with Gasteiger partial charge in [-0.05, 0) is 74.4 Å². The van der Waals surface area contributed by atoms with Crippen LogP contribution < -0.4 is 15.1 Å². The van der Waals surface area contributed by atoms with E-state index in [-0.39, 0.29) is 29.3 Å². The Hall–Kier alpha value is -2.91. The normalized spacial score (nSPS) is 20.6. The first kappa shape index (κ1) is 24.8. The van der Waals surface area contributed by atoms with Gasteiger partial charge in [-0.3, -0.25) is 14.5 Å². The summed E-state index contributed by atoms with van der Waals surface area (Å²) in [5, 5.41) is 2.89. The van der Waals surface area contributed by atoms with Gasteiger partial charge in [0.05, 0.1) is 16.3 Å². The van der Waals surface area contributed by atoms with E-state index in [1.54, 1.807) is 12.1 Å². The minimum atomic E-state index is -3.67.